The molecule has 0 saturated heterocycles. The molecule has 0 heterocycles. The van der Waals surface area contributed by atoms with E-state index < -0.39 is 21.3 Å². The fourth-order valence-electron chi connectivity index (χ4n) is 6.51. The van der Waals surface area contributed by atoms with E-state index >= 15 is 0 Å². The molecule has 6 rings (SSSR count). The van der Waals surface area contributed by atoms with Crippen LogP contribution in [0.2, 0.25) is 0 Å². The summed E-state index contributed by atoms with van der Waals surface area (Å²) < 4.78 is 4.99. The third-order valence-electron chi connectivity index (χ3n) is 8.74. The van der Waals surface area contributed by atoms with Crippen LogP contribution < -0.4 is 28.1 Å². The molecule has 2 aliphatic rings. The zero-order valence-electron chi connectivity index (χ0n) is 26.5. The van der Waals surface area contributed by atoms with Crippen LogP contribution in [-0.4, -0.2) is 3.21 Å². The summed E-state index contributed by atoms with van der Waals surface area (Å²) in [5.74, 6) is 0. The van der Waals surface area contributed by atoms with Crippen LogP contribution >= 0.6 is 0 Å². The van der Waals surface area contributed by atoms with E-state index in [2.05, 4.69) is 152 Å². The normalized spacial score (nSPS) is 13.8. The van der Waals surface area contributed by atoms with Gasteiger partial charge in [0.15, 0.2) is 0 Å². The molecule has 0 aromatic heterocycles. The molecule has 0 nitrogen and oxygen atoms in total. The molecule has 0 N–H and O–H groups in total. The molecule has 0 radical (unpaired) electrons. The van der Waals surface area contributed by atoms with Crippen LogP contribution in [0.5, 0.6) is 0 Å². The second-order valence-corrected chi connectivity index (χ2v) is 19.7. The minimum Gasteiger partial charge on any atom is -1.00 e. The Hall–Kier alpha value is -2.31. The average Bonchev–Trinajstić information content (AvgIpc) is 3.59. The van der Waals surface area contributed by atoms with E-state index in [9.17, 15) is 0 Å². The van der Waals surface area contributed by atoms with E-state index in [0.717, 1.165) is 12.8 Å². The second-order valence-electron chi connectivity index (χ2n) is 13.9. The first-order valence-corrected chi connectivity index (χ1v) is 18.7. The van der Waals surface area contributed by atoms with Gasteiger partial charge >= 0.3 is 256 Å². The molecule has 220 valence electrons. The summed E-state index contributed by atoms with van der Waals surface area (Å²) in [5.41, 5.74) is 13.3. The molecule has 0 spiro atoms. The van der Waals surface area contributed by atoms with Crippen molar-refractivity contribution < 1.29 is 46.1 Å². The van der Waals surface area contributed by atoms with Gasteiger partial charge in [-0.3, -0.25) is 0 Å². The number of hydrogen-bond acceptors (Lipinski definition) is 0. The zero-order chi connectivity index (χ0) is 28.9. The summed E-state index contributed by atoms with van der Waals surface area (Å²) in [6, 6.07) is 32.8. The van der Waals surface area contributed by atoms with Gasteiger partial charge in [0, 0.05) is 0 Å². The van der Waals surface area contributed by atoms with Crippen molar-refractivity contribution in [1.82, 2.24) is 0 Å². The van der Waals surface area contributed by atoms with Crippen LogP contribution in [0.3, 0.4) is 0 Å². The molecule has 0 atom stereocenters. The average molecular weight is 685 g/mol. The van der Waals surface area contributed by atoms with Crippen molar-refractivity contribution in [2.45, 2.75) is 72.1 Å². The van der Waals surface area contributed by atoms with Crippen LogP contribution in [0.15, 0.2) is 106 Å². The Morgan fingerprint density at radius 1 is 0.698 bits per heavy atom. The minimum absolute atomic E-state index is 0. The standard InChI is InChI=1S/C21H25.C14H12.C5H5.2ClH.Zr/c1-20(2,3)16-7-9-18-14(12-16)11-15-13-17(21(4,5)6)8-10-19(15)18;1-12-7-9-14(10-8-12)11-13-5-3-2-4-6-13;1-2-4-5-3-1;;;/h7-10,12H,11H2,1-6H3;2-10H,1H3;1-3H,4H2;2*1H;/q;;;;;+2/p-2. The Labute approximate surface area is 279 Å². The topological polar surface area (TPSA) is 0 Å². The first-order valence-electron chi connectivity index (χ1n) is 15.1. The Balaban J connectivity index is 0.00000212. The molecule has 43 heavy (non-hydrogen) atoms. The first kappa shape index (κ1) is 33.6. The largest absolute Gasteiger partial charge is 1.00 e. The van der Waals surface area contributed by atoms with Crippen LogP contribution in [0.25, 0.3) is 11.1 Å². The fraction of sp³-hybridized carbons (Fsp3) is 0.275. The smallest absolute Gasteiger partial charge is 1.00 e. The summed E-state index contributed by atoms with van der Waals surface area (Å²) in [6.45, 7) is 16.4. The quantitative estimate of drug-likeness (QED) is 0.272. The number of fused-ring (bicyclic) bond motifs is 3. The van der Waals surface area contributed by atoms with Gasteiger partial charge in [-0.05, 0) is 0 Å². The van der Waals surface area contributed by atoms with Gasteiger partial charge in [0.05, 0.1) is 0 Å². The van der Waals surface area contributed by atoms with Crippen molar-refractivity contribution in [2.24, 2.45) is 0 Å². The first-order chi connectivity index (χ1) is 19.5. The molecule has 0 aliphatic heterocycles. The van der Waals surface area contributed by atoms with E-state index in [0.29, 0.717) is 0 Å². The third-order valence-corrected chi connectivity index (χ3v) is 16.5. The summed E-state index contributed by atoms with van der Waals surface area (Å²) >= 11 is -2.72. The van der Waals surface area contributed by atoms with Crippen molar-refractivity contribution in [3.63, 3.8) is 0 Å². The van der Waals surface area contributed by atoms with Crippen molar-refractivity contribution in [1.29, 1.82) is 0 Å². The van der Waals surface area contributed by atoms with Crippen molar-refractivity contribution in [2.75, 3.05) is 0 Å². The Morgan fingerprint density at radius 3 is 1.95 bits per heavy atom. The molecular weight excluding hydrogens is 643 g/mol. The number of benzene rings is 4. The SMILES string of the molecule is Cc1ccc(/[C](c2ccccc2)=[Zr+2](\[C]2=CC=CC2)[c]2c(C(C)(C)C)ccc3c2Cc2cc(C(C)(C)C)ccc2-3)cc1.[Cl-].[Cl-]. The van der Waals surface area contributed by atoms with Crippen molar-refractivity contribution in [3.8, 4) is 11.1 Å². The van der Waals surface area contributed by atoms with E-state index in [1.165, 1.54) is 38.9 Å². The van der Waals surface area contributed by atoms with Gasteiger partial charge in [-0.2, -0.15) is 0 Å². The van der Waals surface area contributed by atoms with Gasteiger partial charge < -0.3 is 24.8 Å². The van der Waals surface area contributed by atoms with Gasteiger partial charge in [-0.1, -0.05) is 0 Å². The number of rotatable bonds is 4. The van der Waals surface area contributed by atoms with E-state index in [1.807, 2.05) is 0 Å². The molecule has 0 unspecified atom stereocenters. The van der Waals surface area contributed by atoms with Gasteiger partial charge in [0.2, 0.25) is 0 Å². The molecule has 0 amide bonds. The molecule has 0 bridgehead atoms. The predicted octanol–water partition coefficient (Wildman–Crippen LogP) is 3.53. The molecule has 2 aliphatic carbocycles. The molecule has 4 aromatic rings. The van der Waals surface area contributed by atoms with E-state index in [4.69, 9.17) is 0 Å². The van der Waals surface area contributed by atoms with Crippen molar-refractivity contribution >= 4 is 6.48 Å². The fourth-order valence-corrected chi connectivity index (χ4v) is 15.5. The molecule has 3 heteroatoms. The minimum atomic E-state index is -2.72. The summed E-state index contributed by atoms with van der Waals surface area (Å²) in [4.78, 5) is 0. The molecular formula is C40H42Cl2Zr. The van der Waals surface area contributed by atoms with Crippen LogP contribution in [-0.2, 0) is 38.5 Å². The van der Waals surface area contributed by atoms with E-state index in [-0.39, 0.29) is 35.6 Å². The van der Waals surface area contributed by atoms with Gasteiger partial charge in [0.25, 0.3) is 0 Å². The van der Waals surface area contributed by atoms with Crippen LogP contribution in [0.1, 0.15) is 86.9 Å². The van der Waals surface area contributed by atoms with Gasteiger partial charge in [-0.15, -0.1) is 0 Å². The summed E-state index contributed by atoms with van der Waals surface area (Å²) in [7, 11) is 0. The number of hydrogen-bond donors (Lipinski definition) is 0. The van der Waals surface area contributed by atoms with Crippen LogP contribution in [0.4, 0.5) is 0 Å². The van der Waals surface area contributed by atoms with Crippen LogP contribution in [0, 0.1) is 6.92 Å². The zero-order valence-corrected chi connectivity index (χ0v) is 30.5. The van der Waals surface area contributed by atoms with Crippen molar-refractivity contribution in [3.05, 3.63) is 145 Å². The third kappa shape index (κ3) is 6.56. The molecule has 4 aromatic carbocycles. The molecule has 0 saturated carbocycles. The molecule has 0 fully saturated rings. The monoisotopic (exact) mass is 682 g/mol. The maximum absolute atomic E-state index is 2.72. The number of aryl methyl sites for hydroxylation is 1. The summed E-state index contributed by atoms with van der Waals surface area (Å²) in [6.07, 6.45) is 9.26. The summed E-state index contributed by atoms with van der Waals surface area (Å²) in [5, 5.41) is 0. The number of halogens is 2. The van der Waals surface area contributed by atoms with Gasteiger partial charge in [-0.25, -0.2) is 0 Å². The van der Waals surface area contributed by atoms with Gasteiger partial charge in [0.1, 0.15) is 0 Å². The Morgan fingerprint density at radius 2 is 1.35 bits per heavy atom. The second kappa shape index (κ2) is 13.0. The predicted molar refractivity (Wildman–Crippen MR) is 174 cm³/mol. The Bertz CT molecular complexity index is 1720. The van der Waals surface area contributed by atoms with E-state index in [1.54, 1.807) is 20.9 Å². The maximum Gasteiger partial charge on any atom is -1.00 e. The number of allylic oxidation sites excluding steroid dienone is 4. The maximum atomic E-state index is 2.50. The Kier molecular flexibility index (Phi) is 10.1.